The summed E-state index contributed by atoms with van der Waals surface area (Å²) in [6, 6.07) is 3.77. The molecule has 2 rings (SSSR count). The number of methoxy groups -OCH3 is 2. The molecular formula is C14H21NO4. The fraction of sp³-hybridized carbons (Fsp3) is 0.571. The Bertz CT molecular complexity index is 461. The van der Waals surface area contributed by atoms with E-state index in [2.05, 4.69) is 0 Å². The topological polar surface area (TPSA) is 51.2 Å². The predicted molar refractivity (Wildman–Crippen MR) is 71.2 cm³/mol. The van der Waals surface area contributed by atoms with Crippen molar-refractivity contribution in [3.8, 4) is 17.2 Å². The van der Waals surface area contributed by atoms with E-state index >= 15 is 0 Å². The van der Waals surface area contributed by atoms with Crippen LogP contribution >= 0.6 is 0 Å². The number of hydroxylamine groups is 2. The van der Waals surface area contributed by atoms with E-state index < -0.39 is 5.54 Å². The maximum absolute atomic E-state index is 10.0. The summed E-state index contributed by atoms with van der Waals surface area (Å²) in [5, 5.41) is 11.2. The number of hydrogen-bond donors (Lipinski definition) is 1. The summed E-state index contributed by atoms with van der Waals surface area (Å²) in [6.45, 7) is 2.59. The van der Waals surface area contributed by atoms with Crippen molar-refractivity contribution in [2.75, 3.05) is 27.9 Å². The van der Waals surface area contributed by atoms with E-state index in [0.717, 1.165) is 18.4 Å². The number of nitrogens with zero attached hydrogens (tertiary/aromatic N) is 1. The third-order valence-corrected chi connectivity index (χ3v) is 3.85. The lowest BCUT2D eigenvalue weighted by atomic mass is 9.87. The second-order valence-electron chi connectivity index (χ2n) is 4.93. The summed E-state index contributed by atoms with van der Waals surface area (Å²) < 4.78 is 16.5. The van der Waals surface area contributed by atoms with E-state index in [1.165, 1.54) is 5.06 Å². The summed E-state index contributed by atoms with van der Waals surface area (Å²) in [4.78, 5) is 0. The van der Waals surface area contributed by atoms with Crippen molar-refractivity contribution in [2.45, 2.75) is 25.3 Å². The fourth-order valence-corrected chi connectivity index (χ4v) is 2.53. The van der Waals surface area contributed by atoms with Crippen molar-refractivity contribution in [2.24, 2.45) is 0 Å². The number of rotatable bonds is 3. The smallest absolute Gasteiger partial charge is 0.203 e. The zero-order valence-corrected chi connectivity index (χ0v) is 11.9. The molecule has 0 bridgehead atoms. The molecule has 0 radical (unpaired) electrons. The van der Waals surface area contributed by atoms with Gasteiger partial charge in [-0.15, -0.1) is 0 Å². The molecule has 1 atom stereocenters. The molecule has 0 amide bonds. The fourth-order valence-electron chi connectivity index (χ4n) is 2.53. The lowest BCUT2D eigenvalue weighted by Crippen LogP contribution is -2.38. The molecule has 0 fully saturated rings. The first-order valence-corrected chi connectivity index (χ1v) is 6.35. The molecule has 0 spiro atoms. The quantitative estimate of drug-likeness (QED) is 0.852. The lowest BCUT2D eigenvalue weighted by Gasteiger charge is -2.34. The van der Waals surface area contributed by atoms with Gasteiger partial charge in [-0.1, -0.05) is 0 Å². The van der Waals surface area contributed by atoms with Crippen LogP contribution in [-0.2, 0) is 5.54 Å². The third-order valence-electron chi connectivity index (χ3n) is 3.85. The predicted octanol–water partition coefficient (Wildman–Crippen LogP) is 2.41. The first-order valence-electron chi connectivity index (χ1n) is 6.35. The maximum atomic E-state index is 10.0. The number of benzene rings is 1. The molecule has 1 aromatic carbocycles. The standard InChI is InChI=1S/C14H21NO4/c1-14(15(2)16)8-5-9-19-12-10(14)6-7-11(17-3)13(12)18-4/h6-7,16H,5,8-9H2,1-4H3. The average Bonchev–Trinajstić information content (AvgIpc) is 2.58. The number of ether oxygens (including phenoxy) is 3. The van der Waals surface area contributed by atoms with Crippen LogP contribution in [0.15, 0.2) is 12.1 Å². The van der Waals surface area contributed by atoms with Crippen molar-refractivity contribution in [3.63, 3.8) is 0 Å². The molecule has 1 aliphatic rings. The van der Waals surface area contributed by atoms with E-state index in [-0.39, 0.29) is 0 Å². The van der Waals surface area contributed by atoms with Crippen LogP contribution in [0.4, 0.5) is 0 Å². The first kappa shape index (κ1) is 14.0. The second kappa shape index (κ2) is 5.27. The minimum Gasteiger partial charge on any atom is -0.493 e. The van der Waals surface area contributed by atoms with Crippen molar-refractivity contribution < 1.29 is 19.4 Å². The van der Waals surface area contributed by atoms with Gasteiger partial charge in [-0.25, -0.2) is 0 Å². The Kier molecular flexibility index (Phi) is 3.87. The van der Waals surface area contributed by atoms with E-state index in [1.807, 2.05) is 19.1 Å². The van der Waals surface area contributed by atoms with E-state index in [4.69, 9.17) is 14.2 Å². The minimum absolute atomic E-state index is 0.495. The molecule has 0 aliphatic carbocycles. The van der Waals surface area contributed by atoms with Gasteiger partial charge in [-0.3, -0.25) is 0 Å². The molecule has 1 N–H and O–H groups in total. The van der Waals surface area contributed by atoms with Gasteiger partial charge in [-0.05, 0) is 31.9 Å². The molecule has 5 heteroatoms. The molecule has 5 nitrogen and oxygen atoms in total. The first-order chi connectivity index (χ1) is 9.04. The van der Waals surface area contributed by atoms with Gasteiger partial charge in [0.2, 0.25) is 5.75 Å². The Hall–Kier alpha value is -1.46. The van der Waals surface area contributed by atoms with Gasteiger partial charge in [0.05, 0.1) is 26.4 Å². The van der Waals surface area contributed by atoms with Gasteiger partial charge in [0.25, 0.3) is 0 Å². The zero-order chi connectivity index (χ0) is 14.0. The van der Waals surface area contributed by atoms with Crippen LogP contribution in [0.2, 0.25) is 0 Å². The minimum atomic E-state index is -0.495. The summed E-state index contributed by atoms with van der Waals surface area (Å²) in [5.41, 5.74) is 0.415. The Morgan fingerprint density at radius 1 is 1.32 bits per heavy atom. The monoisotopic (exact) mass is 267 g/mol. The Morgan fingerprint density at radius 3 is 2.63 bits per heavy atom. The molecule has 1 aliphatic heterocycles. The Labute approximate surface area is 113 Å². The van der Waals surface area contributed by atoms with Crippen molar-refractivity contribution in [1.29, 1.82) is 0 Å². The molecule has 1 unspecified atom stereocenters. The van der Waals surface area contributed by atoms with Gasteiger partial charge >= 0.3 is 0 Å². The average molecular weight is 267 g/mol. The molecule has 0 saturated carbocycles. The zero-order valence-electron chi connectivity index (χ0n) is 11.9. The summed E-state index contributed by atoms with van der Waals surface area (Å²) in [7, 11) is 4.84. The largest absolute Gasteiger partial charge is 0.493 e. The van der Waals surface area contributed by atoms with Crippen molar-refractivity contribution in [3.05, 3.63) is 17.7 Å². The SMILES string of the molecule is COc1ccc2c(c1OC)OCCCC2(C)N(C)O. The lowest BCUT2D eigenvalue weighted by molar-refractivity contribution is -0.153. The molecule has 1 heterocycles. The van der Waals surface area contributed by atoms with Gasteiger partial charge in [0.1, 0.15) is 0 Å². The van der Waals surface area contributed by atoms with Crippen LogP contribution in [0.3, 0.4) is 0 Å². The molecule has 1 aromatic rings. The normalized spacial score (nSPS) is 22.4. The number of fused-ring (bicyclic) bond motifs is 1. The van der Waals surface area contributed by atoms with E-state index in [0.29, 0.717) is 23.9 Å². The van der Waals surface area contributed by atoms with Crippen LogP contribution in [0.1, 0.15) is 25.3 Å². The van der Waals surface area contributed by atoms with Crippen LogP contribution in [0.25, 0.3) is 0 Å². The molecule has 106 valence electrons. The molecule has 0 aromatic heterocycles. The van der Waals surface area contributed by atoms with Gasteiger partial charge in [-0.2, -0.15) is 5.06 Å². The molecule has 19 heavy (non-hydrogen) atoms. The third kappa shape index (κ3) is 2.24. The van der Waals surface area contributed by atoms with E-state index in [9.17, 15) is 5.21 Å². The van der Waals surface area contributed by atoms with Gasteiger partial charge in [0.15, 0.2) is 11.5 Å². The molecular weight excluding hydrogens is 246 g/mol. The summed E-state index contributed by atoms with van der Waals surface area (Å²) >= 11 is 0. The highest BCUT2D eigenvalue weighted by molar-refractivity contribution is 5.58. The van der Waals surface area contributed by atoms with Crippen molar-refractivity contribution in [1.82, 2.24) is 5.06 Å². The van der Waals surface area contributed by atoms with Crippen LogP contribution in [-0.4, -0.2) is 38.1 Å². The van der Waals surface area contributed by atoms with Gasteiger partial charge < -0.3 is 19.4 Å². The van der Waals surface area contributed by atoms with Crippen LogP contribution in [0, 0.1) is 0 Å². The Morgan fingerprint density at radius 2 is 2.05 bits per heavy atom. The van der Waals surface area contributed by atoms with Crippen molar-refractivity contribution >= 4 is 0 Å². The second-order valence-corrected chi connectivity index (χ2v) is 4.93. The maximum Gasteiger partial charge on any atom is 0.203 e. The van der Waals surface area contributed by atoms with Crippen LogP contribution < -0.4 is 14.2 Å². The highest BCUT2D eigenvalue weighted by Crippen LogP contribution is 2.47. The van der Waals surface area contributed by atoms with E-state index in [1.54, 1.807) is 21.3 Å². The summed E-state index contributed by atoms with van der Waals surface area (Å²) in [6.07, 6.45) is 1.67. The highest BCUT2D eigenvalue weighted by atomic mass is 16.5. The highest BCUT2D eigenvalue weighted by Gasteiger charge is 2.37. The van der Waals surface area contributed by atoms with Gasteiger partial charge in [0, 0.05) is 12.6 Å². The van der Waals surface area contributed by atoms with Crippen LogP contribution in [0.5, 0.6) is 17.2 Å². The Balaban J connectivity index is 2.63. The summed E-state index contributed by atoms with van der Waals surface area (Å²) in [5.74, 6) is 1.86. The number of hydrogen-bond acceptors (Lipinski definition) is 5. The molecule has 0 saturated heterocycles.